The highest BCUT2D eigenvalue weighted by molar-refractivity contribution is 5.12. The van der Waals surface area contributed by atoms with Crippen molar-refractivity contribution < 1.29 is 0 Å². The van der Waals surface area contributed by atoms with Crippen molar-refractivity contribution in [1.29, 1.82) is 0 Å². The van der Waals surface area contributed by atoms with Crippen LogP contribution in [0.2, 0.25) is 0 Å². The first kappa shape index (κ1) is 18.4. The van der Waals surface area contributed by atoms with E-state index in [0.717, 1.165) is 5.92 Å². The first-order valence-electron chi connectivity index (χ1n) is 7.59. The van der Waals surface area contributed by atoms with Crippen molar-refractivity contribution >= 4 is 0 Å². The maximum Gasteiger partial charge on any atom is -0.0398 e. The Hall–Kier alpha value is -1.56. The van der Waals surface area contributed by atoms with Gasteiger partial charge in [-0.3, -0.25) is 0 Å². The molecule has 0 fully saturated rings. The molecule has 0 aliphatic heterocycles. The van der Waals surface area contributed by atoms with Gasteiger partial charge in [0.1, 0.15) is 0 Å². The fraction of sp³-hybridized carbons (Fsp3) is 0.400. The number of benzene rings is 2. The summed E-state index contributed by atoms with van der Waals surface area (Å²) in [6.07, 6.45) is 2.71. The Bertz CT molecular complexity index is 363. The van der Waals surface area contributed by atoms with Crippen LogP contribution in [0.15, 0.2) is 60.7 Å². The van der Waals surface area contributed by atoms with E-state index in [1.165, 1.54) is 24.0 Å². The van der Waals surface area contributed by atoms with Crippen LogP contribution < -0.4 is 0 Å². The molecule has 20 heavy (non-hydrogen) atoms. The zero-order valence-corrected chi connectivity index (χ0v) is 13.8. The molecule has 0 aliphatic carbocycles. The Labute approximate surface area is 125 Å². The molecule has 0 amide bonds. The highest BCUT2D eigenvalue weighted by Gasteiger charge is 1.85. The number of hydrogen-bond acceptors (Lipinski definition) is 0. The Morgan fingerprint density at radius 1 is 0.700 bits per heavy atom. The van der Waals surface area contributed by atoms with Gasteiger partial charge in [-0.25, -0.2) is 0 Å². The summed E-state index contributed by atoms with van der Waals surface area (Å²) in [4.78, 5) is 0. The van der Waals surface area contributed by atoms with Crippen molar-refractivity contribution in [2.45, 2.75) is 47.5 Å². The van der Waals surface area contributed by atoms with E-state index in [0.29, 0.717) is 0 Å². The molecule has 0 heterocycles. The standard InChI is InChI=1S/2C7H8.C6H14/c2*1-7-5-3-2-4-6-7;1-4-5-6(2)3/h2*2-6H,1H3;6H,4-5H2,1-3H3. The van der Waals surface area contributed by atoms with E-state index in [1.807, 2.05) is 36.4 Å². The molecule has 0 N–H and O–H groups in total. The normalized spacial score (nSPS) is 9.10. The molecule has 110 valence electrons. The minimum atomic E-state index is 0.898. The maximum absolute atomic E-state index is 2.25. The number of rotatable bonds is 2. The molecule has 2 rings (SSSR count). The molecule has 0 saturated heterocycles. The van der Waals surface area contributed by atoms with Gasteiger partial charge in [0.15, 0.2) is 0 Å². The zero-order valence-electron chi connectivity index (χ0n) is 13.8. The molecule has 0 nitrogen and oxygen atoms in total. The molecule has 0 bridgehead atoms. The summed E-state index contributed by atoms with van der Waals surface area (Å²) in [6, 6.07) is 20.5. The molecular formula is C20H30. The average Bonchev–Trinajstić information content (AvgIpc) is 2.42. The second kappa shape index (κ2) is 12.5. The first-order valence-corrected chi connectivity index (χ1v) is 7.59. The Kier molecular flexibility index (Phi) is 11.5. The Balaban J connectivity index is 0.000000272. The summed E-state index contributed by atoms with van der Waals surface area (Å²) in [7, 11) is 0. The SMILES string of the molecule is CCCC(C)C.Cc1ccccc1.Cc1ccccc1. The van der Waals surface area contributed by atoms with Crippen molar-refractivity contribution in [2.75, 3.05) is 0 Å². The van der Waals surface area contributed by atoms with Crippen LogP contribution in [0.25, 0.3) is 0 Å². The lowest BCUT2D eigenvalue weighted by molar-refractivity contribution is 0.576. The summed E-state index contributed by atoms with van der Waals surface area (Å²) in [5.41, 5.74) is 2.64. The van der Waals surface area contributed by atoms with Crippen molar-refractivity contribution in [3.05, 3.63) is 71.8 Å². The summed E-state index contributed by atoms with van der Waals surface area (Å²) in [5, 5.41) is 0. The van der Waals surface area contributed by atoms with Gasteiger partial charge in [0, 0.05) is 0 Å². The fourth-order valence-corrected chi connectivity index (χ4v) is 1.65. The van der Waals surface area contributed by atoms with E-state index in [9.17, 15) is 0 Å². The third-order valence-corrected chi connectivity index (χ3v) is 2.75. The van der Waals surface area contributed by atoms with Crippen LogP contribution in [0.1, 0.15) is 44.7 Å². The Morgan fingerprint density at radius 3 is 1.15 bits per heavy atom. The van der Waals surface area contributed by atoms with Crippen LogP contribution in [0.3, 0.4) is 0 Å². The van der Waals surface area contributed by atoms with Crippen molar-refractivity contribution in [1.82, 2.24) is 0 Å². The molecule has 2 aromatic rings. The third kappa shape index (κ3) is 12.9. The lowest BCUT2D eigenvalue weighted by atomic mass is 10.1. The van der Waals surface area contributed by atoms with E-state index in [2.05, 4.69) is 58.9 Å². The molecule has 0 aromatic heterocycles. The predicted octanol–water partition coefficient (Wildman–Crippen LogP) is 6.43. The lowest BCUT2D eigenvalue weighted by Gasteiger charge is -1.95. The van der Waals surface area contributed by atoms with Gasteiger partial charge in [-0.1, -0.05) is 105 Å². The molecule has 0 atom stereocenters. The quantitative estimate of drug-likeness (QED) is 0.589. The van der Waals surface area contributed by atoms with Gasteiger partial charge in [-0.05, 0) is 19.8 Å². The average molecular weight is 270 g/mol. The van der Waals surface area contributed by atoms with Crippen molar-refractivity contribution in [2.24, 2.45) is 5.92 Å². The first-order chi connectivity index (χ1) is 9.56. The van der Waals surface area contributed by atoms with Crippen molar-refractivity contribution in [3.63, 3.8) is 0 Å². The maximum atomic E-state index is 2.25. The van der Waals surface area contributed by atoms with E-state index in [4.69, 9.17) is 0 Å². The van der Waals surface area contributed by atoms with Crippen LogP contribution in [-0.4, -0.2) is 0 Å². The molecule has 0 spiro atoms. The minimum absolute atomic E-state index is 0.898. The Morgan fingerprint density at radius 2 is 1.05 bits per heavy atom. The van der Waals surface area contributed by atoms with Gasteiger partial charge in [0.2, 0.25) is 0 Å². The van der Waals surface area contributed by atoms with Crippen LogP contribution >= 0.6 is 0 Å². The lowest BCUT2D eigenvalue weighted by Crippen LogP contribution is -1.81. The van der Waals surface area contributed by atoms with E-state index >= 15 is 0 Å². The molecule has 0 heteroatoms. The molecule has 0 unspecified atom stereocenters. The number of aryl methyl sites for hydroxylation is 2. The van der Waals surface area contributed by atoms with Gasteiger partial charge in [0.05, 0.1) is 0 Å². The smallest absolute Gasteiger partial charge is 0.0398 e. The van der Waals surface area contributed by atoms with Crippen molar-refractivity contribution in [3.8, 4) is 0 Å². The van der Waals surface area contributed by atoms with E-state index in [1.54, 1.807) is 0 Å². The molecule has 0 saturated carbocycles. The molecule has 0 aliphatic rings. The molecule has 2 aromatic carbocycles. The van der Waals surface area contributed by atoms with Gasteiger partial charge in [-0.15, -0.1) is 0 Å². The summed E-state index contributed by atoms with van der Waals surface area (Å²) in [5.74, 6) is 0.898. The van der Waals surface area contributed by atoms with Crippen LogP contribution in [0, 0.1) is 19.8 Å². The summed E-state index contributed by atoms with van der Waals surface area (Å²) in [6.45, 7) is 10.9. The monoisotopic (exact) mass is 270 g/mol. The third-order valence-electron chi connectivity index (χ3n) is 2.75. The van der Waals surface area contributed by atoms with Crippen LogP contribution in [0.5, 0.6) is 0 Å². The molecule has 0 radical (unpaired) electrons. The molecular weight excluding hydrogens is 240 g/mol. The van der Waals surface area contributed by atoms with Gasteiger partial charge in [-0.2, -0.15) is 0 Å². The summed E-state index contributed by atoms with van der Waals surface area (Å²) < 4.78 is 0. The van der Waals surface area contributed by atoms with Gasteiger partial charge in [0.25, 0.3) is 0 Å². The highest BCUT2D eigenvalue weighted by atomic mass is 13.9. The minimum Gasteiger partial charge on any atom is -0.0654 e. The van der Waals surface area contributed by atoms with Crippen LogP contribution in [0.4, 0.5) is 0 Å². The second-order valence-electron chi connectivity index (χ2n) is 5.49. The van der Waals surface area contributed by atoms with Crippen LogP contribution in [-0.2, 0) is 0 Å². The van der Waals surface area contributed by atoms with Gasteiger partial charge < -0.3 is 0 Å². The fourth-order valence-electron chi connectivity index (χ4n) is 1.65. The second-order valence-corrected chi connectivity index (χ2v) is 5.49. The van der Waals surface area contributed by atoms with E-state index in [-0.39, 0.29) is 0 Å². The highest BCUT2D eigenvalue weighted by Crippen LogP contribution is 2.00. The van der Waals surface area contributed by atoms with Gasteiger partial charge >= 0.3 is 0 Å². The topological polar surface area (TPSA) is 0 Å². The largest absolute Gasteiger partial charge is 0.0654 e. The summed E-state index contributed by atoms with van der Waals surface area (Å²) >= 11 is 0. The zero-order chi connectivity index (χ0) is 15.2. The predicted molar refractivity (Wildman–Crippen MR) is 92.1 cm³/mol. The van der Waals surface area contributed by atoms with E-state index < -0.39 is 0 Å². The number of hydrogen-bond donors (Lipinski definition) is 0.